The maximum atomic E-state index is 3.58. The van der Waals surface area contributed by atoms with Crippen molar-refractivity contribution in [2.24, 2.45) is 0 Å². The Morgan fingerprint density at radius 3 is 2.94 bits per heavy atom. The van der Waals surface area contributed by atoms with Gasteiger partial charge in [0.15, 0.2) is 0 Å². The van der Waals surface area contributed by atoms with Crippen molar-refractivity contribution < 1.29 is 0 Å². The van der Waals surface area contributed by atoms with Crippen LogP contribution in [0.25, 0.3) is 0 Å². The average molecular weight is 240 g/mol. The third-order valence-electron chi connectivity index (χ3n) is 2.59. The Morgan fingerprint density at radius 2 is 2.25 bits per heavy atom. The van der Waals surface area contributed by atoms with Crippen LogP contribution in [0.3, 0.4) is 0 Å². The Bertz CT molecular complexity index is 283. The number of aryl methyl sites for hydroxylation is 1. The smallest absolute Gasteiger partial charge is 0.0361 e. The fraction of sp³-hybridized carbons (Fsp3) is 0.692. The Balaban J connectivity index is 2.32. The Hall–Kier alpha value is -0.410. The van der Waals surface area contributed by atoms with Gasteiger partial charge in [0.05, 0.1) is 0 Å². The first kappa shape index (κ1) is 13.7. The fourth-order valence-electron chi connectivity index (χ4n) is 1.70. The van der Waals surface area contributed by atoms with Crippen LogP contribution < -0.4 is 5.32 Å². The van der Waals surface area contributed by atoms with E-state index in [1.54, 1.807) is 0 Å². The fourth-order valence-corrected chi connectivity index (χ4v) is 2.41. The lowest BCUT2D eigenvalue weighted by molar-refractivity contribution is 0.556. The van der Waals surface area contributed by atoms with Crippen LogP contribution in [0.5, 0.6) is 0 Å². The monoisotopic (exact) mass is 240 g/mol. The van der Waals surface area contributed by atoms with Crippen LogP contribution in [0, 0.1) is 0 Å². The van der Waals surface area contributed by atoms with Crippen molar-refractivity contribution in [2.45, 2.75) is 46.3 Å². The molecule has 0 saturated carbocycles. The number of hydrogen-bond acceptors (Lipinski definition) is 2. The van der Waals surface area contributed by atoms with Gasteiger partial charge in [0.2, 0.25) is 0 Å². The summed E-state index contributed by atoms with van der Waals surface area (Å²) in [6.07, 6.45) is 3.37. The second-order valence-electron chi connectivity index (χ2n) is 4.13. The Kier molecular flexibility index (Phi) is 6.65. The van der Waals surface area contributed by atoms with Crippen LogP contribution in [0.2, 0.25) is 0 Å². The van der Waals surface area contributed by atoms with Gasteiger partial charge in [0, 0.05) is 36.8 Å². The minimum absolute atomic E-state index is 0.593. The predicted molar refractivity (Wildman–Crippen MR) is 74.0 cm³/mol. The van der Waals surface area contributed by atoms with Crippen LogP contribution in [0.15, 0.2) is 18.3 Å². The molecule has 1 atom stereocenters. The molecule has 0 aliphatic carbocycles. The number of aromatic nitrogens is 1. The zero-order chi connectivity index (χ0) is 11.8. The van der Waals surface area contributed by atoms with Gasteiger partial charge in [-0.25, -0.2) is 0 Å². The lowest BCUT2D eigenvalue weighted by Gasteiger charge is -2.14. The van der Waals surface area contributed by atoms with Crippen molar-refractivity contribution in [2.75, 3.05) is 11.5 Å². The van der Waals surface area contributed by atoms with E-state index in [-0.39, 0.29) is 0 Å². The molecule has 2 nitrogen and oxygen atoms in total. The van der Waals surface area contributed by atoms with E-state index in [0.717, 1.165) is 13.1 Å². The zero-order valence-electron chi connectivity index (χ0n) is 10.7. The van der Waals surface area contributed by atoms with Crippen LogP contribution in [0.4, 0.5) is 0 Å². The van der Waals surface area contributed by atoms with Gasteiger partial charge in [0.25, 0.3) is 0 Å². The molecule has 0 spiro atoms. The molecule has 1 heterocycles. The molecule has 1 N–H and O–H groups in total. The largest absolute Gasteiger partial charge is 0.350 e. The van der Waals surface area contributed by atoms with Gasteiger partial charge < -0.3 is 9.88 Å². The van der Waals surface area contributed by atoms with E-state index >= 15 is 0 Å². The third-order valence-corrected chi connectivity index (χ3v) is 3.74. The Labute approximate surface area is 104 Å². The highest BCUT2D eigenvalue weighted by Crippen LogP contribution is 2.05. The average Bonchev–Trinajstić information content (AvgIpc) is 2.72. The van der Waals surface area contributed by atoms with E-state index in [4.69, 9.17) is 0 Å². The first-order valence-electron chi connectivity index (χ1n) is 6.23. The molecule has 0 saturated heterocycles. The van der Waals surface area contributed by atoms with Crippen molar-refractivity contribution in [3.05, 3.63) is 24.0 Å². The van der Waals surface area contributed by atoms with Crippen molar-refractivity contribution in [1.82, 2.24) is 9.88 Å². The predicted octanol–water partition coefficient (Wildman–Crippen LogP) is 3.13. The van der Waals surface area contributed by atoms with Gasteiger partial charge in [-0.2, -0.15) is 11.8 Å². The zero-order valence-corrected chi connectivity index (χ0v) is 11.5. The van der Waals surface area contributed by atoms with Gasteiger partial charge in [-0.1, -0.05) is 13.8 Å². The van der Waals surface area contributed by atoms with E-state index in [0.29, 0.717) is 6.04 Å². The van der Waals surface area contributed by atoms with Crippen LogP contribution in [-0.4, -0.2) is 22.1 Å². The minimum atomic E-state index is 0.593. The summed E-state index contributed by atoms with van der Waals surface area (Å²) in [4.78, 5) is 0. The van der Waals surface area contributed by atoms with Crippen LogP contribution in [-0.2, 0) is 13.1 Å². The van der Waals surface area contributed by atoms with E-state index in [9.17, 15) is 0 Å². The maximum Gasteiger partial charge on any atom is 0.0361 e. The highest BCUT2D eigenvalue weighted by atomic mass is 32.2. The van der Waals surface area contributed by atoms with E-state index in [1.165, 1.54) is 23.6 Å². The lowest BCUT2D eigenvalue weighted by atomic mass is 10.3. The second kappa shape index (κ2) is 7.80. The first-order valence-corrected chi connectivity index (χ1v) is 7.38. The molecule has 0 aliphatic rings. The number of nitrogens with zero attached hydrogens (tertiary/aromatic N) is 1. The normalized spacial score (nSPS) is 12.9. The minimum Gasteiger partial charge on any atom is -0.350 e. The van der Waals surface area contributed by atoms with Crippen molar-refractivity contribution in [3.63, 3.8) is 0 Å². The molecule has 0 amide bonds. The first-order chi connectivity index (χ1) is 7.77. The molecule has 0 radical (unpaired) electrons. The number of hydrogen-bond donors (Lipinski definition) is 1. The van der Waals surface area contributed by atoms with Crippen LogP contribution >= 0.6 is 11.8 Å². The van der Waals surface area contributed by atoms with Crippen molar-refractivity contribution in [1.29, 1.82) is 0 Å². The number of nitrogens with one attached hydrogen (secondary N) is 1. The standard InChI is InChI=1S/C13H24N2S/c1-4-8-15-9-6-7-13(15)10-14-12(3)11-16-5-2/h6-7,9,12,14H,4-5,8,10-11H2,1-3H3. The molecule has 92 valence electrons. The topological polar surface area (TPSA) is 17.0 Å². The molecule has 1 unspecified atom stereocenters. The van der Waals surface area contributed by atoms with Crippen molar-refractivity contribution in [3.8, 4) is 0 Å². The summed E-state index contributed by atoms with van der Waals surface area (Å²) in [6.45, 7) is 8.80. The van der Waals surface area contributed by atoms with Gasteiger partial charge >= 0.3 is 0 Å². The molecule has 0 aromatic carbocycles. The summed E-state index contributed by atoms with van der Waals surface area (Å²) < 4.78 is 2.34. The SMILES string of the molecule is CCCn1cccc1CNC(C)CSCC. The molecule has 3 heteroatoms. The Morgan fingerprint density at radius 1 is 1.44 bits per heavy atom. The van der Waals surface area contributed by atoms with Crippen molar-refractivity contribution >= 4 is 11.8 Å². The van der Waals surface area contributed by atoms with Gasteiger partial charge in [0.1, 0.15) is 0 Å². The van der Waals surface area contributed by atoms with Gasteiger partial charge in [-0.3, -0.25) is 0 Å². The number of thioether (sulfide) groups is 1. The van der Waals surface area contributed by atoms with E-state index < -0.39 is 0 Å². The second-order valence-corrected chi connectivity index (χ2v) is 5.45. The molecule has 1 rings (SSSR count). The third kappa shape index (κ3) is 4.62. The highest BCUT2D eigenvalue weighted by molar-refractivity contribution is 7.99. The van der Waals surface area contributed by atoms with Gasteiger partial charge in [-0.15, -0.1) is 0 Å². The summed E-state index contributed by atoms with van der Waals surface area (Å²) in [7, 11) is 0. The molecular formula is C13H24N2S. The molecule has 0 aliphatic heterocycles. The number of rotatable bonds is 8. The van der Waals surface area contributed by atoms with E-state index in [2.05, 4.69) is 49.0 Å². The molecule has 16 heavy (non-hydrogen) atoms. The van der Waals surface area contributed by atoms with E-state index in [1.807, 2.05) is 11.8 Å². The molecular weight excluding hydrogens is 216 g/mol. The summed E-state index contributed by atoms with van der Waals surface area (Å²) >= 11 is 2.00. The summed E-state index contributed by atoms with van der Waals surface area (Å²) in [5, 5.41) is 3.58. The summed E-state index contributed by atoms with van der Waals surface area (Å²) in [5.41, 5.74) is 1.40. The van der Waals surface area contributed by atoms with Gasteiger partial charge in [-0.05, 0) is 31.2 Å². The molecule has 1 aromatic rings. The summed E-state index contributed by atoms with van der Waals surface area (Å²) in [5.74, 6) is 2.41. The summed E-state index contributed by atoms with van der Waals surface area (Å²) in [6, 6.07) is 4.94. The molecule has 1 aromatic heterocycles. The lowest BCUT2D eigenvalue weighted by Crippen LogP contribution is -2.28. The molecule has 0 fully saturated rings. The molecule has 0 bridgehead atoms. The quantitative estimate of drug-likeness (QED) is 0.752. The van der Waals surface area contributed by atoms with Crippen LogP contribution in [0.1, 0.15) is 32.9 Å². The highest BCUT2D eigenvalue weighted by Gasteiger charge is 2.03. The maximum absolute atomic E-state index is 3.58.